The summed E-state index contributed by atoms with van der Waals surface area (Å²) in [6.45, 7) is 0. The molecule has 3 aromatic rings. The molecule has 0 unspecified atom stereocenters. The van der Waals surface area contributed by atoms with Crippen molar-refractivity contribution in [2.45, 2.75) is 0 Å². The molecule has 3 rings (SSSR count). The Hall–Kier alpha value is -2.44. The average Bonchev–Trinajstić information content (AvgIpc) is 2.48. The summed E-state index contributed by atoms with van der Waals surface area (Å²) in [5, 5.41) is 19.0. The van der Waals surface area contributed by atoms with E-state index in [4.69, 9.17) is 16.9 Å². The van der Waals surface area contributed by atoms with Crippen LogP contribution in [-0.4, -0.2) is 10.2 Å². The van der Waals surface area contributed by atoms with Crippen molar-refractivity contribution in [1.82, 2.24) is 10.2 Å². The van der Waals surface area contributed by atoms with Crippen molar-refractivity contribution in [1.29, 1.82) is 5.26 Å². The summed E-state index contributed by atoms with van der Waals surface area (Å²) < 4.78 is 0. The molecule has 1 heterocycles. The third-order valence-electron chi connectivity index (χ3n) is 2.93. The molecule has 0 radical (unpaired) electrons. The number of hydrogen-bond acceptors (Lipinski definition) is 3. The van der Waals surface area contributed by atoms with Gasteiger partial charge in [0, 0.05) is 16.3 Å². The van der Waals surface area contributed by atoms with Crippen molar-refractivity contribution in [3.8, 4) is 17.3 Å². The van der Waals surface area contributed by atoms with E-state index in [1.165, 1.54) is 0 Å². The Kier molecular flexibility index (Phi) is 2.86. The zero-order chi connectivity index (χ0) is 13.2. The van der Waals surface area contributed by atoms with Crippen molar-refractivity contribution >= 4 is 22.4 Å². The van der Waals surface area contributed by atoms with Gasteiger partial charge in [-0.15, -0.1) is 10.2 Å². The van der Waals surface area contributed by atoms with Gasteiger partial charge < -0.3 is 0 Å². The van der Waals surface area contributed by atoms with Gasteiger partial charge in [-0.05, 0) is 6.07 Å². The van der Waals surface area contributed by atoms with E-state index in [-0.39, 0.29) is 5.15 Å². The monoisotopic (exact) mass is 265 g/mol. The molecule has 1 aromatic heterocycles. The van der Waals surface area contributed by atoms with Crippen LogP contribution in [-0.2, 0) is 0 Å². The number of rotatable bonds is 1. The second-order valence-electron chi connectivity index (χ2n) is 4.05. The fourth-order valence-electron chi connectivity index (χ4n) is 2.07. The summed E-state index contributed by atoms with van der Waals surface area (Å²) in [5.74, 6) is 0. The number of nitrogens with zero attached hydrogens (tertiary/aromatic N) is 3. The molecule has 0 aliphatic carbocycles. The summed E-state index contributed by atoms with van der Waals surface area (Å²) >= 11 is 6.08. The summed E-state index contributed by atoms with van der Waals surface area (Å²) in [5.41, 5.74) is 2.19. The van der Waals surface area contributed by atoms with Crippen molar-refractivity contribution in [3.63, 3.8) is 0 Å². The third-order valence-corrected chi connectivity index (χ3v) is 3.20. The van der Waals surface area contributed by atoms with Crippen LogP contribution in [0.3, 0.4) is 0 Å². The second kappa shape index (κ2) is 4.68. The number of benzene rings is 2. The van der Waals surface area contributed by atoms with Crippen LogP contribution in [0.2, 0.25) is 5.15 Å². The normalized spacial score (nSPS) is 10.3. The van der Waals surface area contributed by atoms with E-state index in [1.807, 2.05) is 42.5 Å². The fourth-order valence-corrected chi connectivity index (χ4v) is 2.31. The highest BCUT2D eigenvalue weighted by Gasteiger charge is 2.12. The average molecular weight is 266 g/mol. The van der Waals surface area contributed by atoms with Crippen molar-refractivity contribution in [2.75, 3.05) is 0 Å². The fraction of sp³-hybridized carbons (Fsp3) is 0. The Morgan fingerprint density at radius 1 is 0.947 bits per heavy atom. The van der Waals surface area contributed by atoms with E-state index < -0.39 is 0 Å². The zero-order valence-corrected chi connectivity index (χ0v) is 10.6. The maximum absolute atomic E-state index is 9.16. The molecular formula is C15H8ClN3. The first-order valence-corrected chi connectivity index (χ1v) is 6.09. The molecule has 0 bridgehead atoms. The highest BCUT2D eigenvalue weighted by atomic mass is 35.5. The molecule has 0 aliphatic rings. The van der Waals surface area contributed by atoms with E-state index in [2.05, 4.69) is 16.3 Å². The Labute approximate surface area is 115 Å². The first kappa shape index (κ1) is 11.6. The highest BCUT2D eigenvalue weighted by molar-refractivity contribution is 6.35. The van der Waals surface area contributed by atoms with E-state index >= 15 is 0 Å². The standard InChI is InChI=1S/C15H8ClN3/c16-15-13-11(9-17)7-4-8-12(13)14(18-19-15)10-5-2-1-3-6-10/h1-8H. The van der Waals surface area contributed by atoms with Crippen LogP contribution in [0.5, 0.6) is 0 Å². The van der Waals surface area contributed by atoms with Gasteiger partial charge in [0.05, 0.1) is 11.6 Å². The molecule has 4 heteroatoms. The van der Waals surface area contributed by atoms with Gasteiger partial charge in [0.2, 0.25) is 0 Å². The third kappa shape index (κ3) is 1.92. The van der Waals surface area contributed by atoms with Gasteiger partial charge in [-0.2, -0.15) is 5.26 Å². The van der Waals surface area contributed by atoms with Crippen LogP contribution >= 0.6 is 11.6 Å². The molecular weight excluding hydrogens is 258 g/mol. The molecule has 2 aromatic carbocycles. The van der Waals surface area contributed by atoms with Crippen LogP contribution < -0.4 is 0 Å². The second-order valence-corrected chi connectivity index (χ2v) is 4.40. The van der Waals surface area contributed by atoms with Crippen LogP contribution in [0, 0.1) is 11.3 Å². The van der Waals surface area contributed by atoms with Crippen LogP contribution in [0.1, 0.15) is 5.56 Å². The van der Waals surface area contributed by atoms with Crippen molar-refractivity contribution in [2.24, 2.45) is 0 Å². The minimum absolute atomic E-state index is 0.256. The summed E-state index contributed by atoms with van der Waals surface area (Å²) in [6.07, 6.45) is 0. The maximum atomic E-state index is 9.16. The van der Waals surface area contributed by atoms with Crippen LogP contribution in [0.4, 0.5) is 0 Å². The lowest BCUT2D eigenvalue weighted by atomic mass is 10.0. The Balaban J connectivity index is 2.41. The minimum atomic E-state index is 0.256. The summed E-state index contributed by atoms with van der Waals surface area (Å²) in [7, 11) is 0. The molecule has 19 heavy (non-hydrogen) atoms. The van der Waals surface area contributed by atoms with Gasteiger partial charge in [0.15, 0.2) is 5.15 Å². The minimum Gasteiger partial charge on any atom is -0.192 e. The van der Waals surface area contributed by atoms with Gasteiger partial charge >= 0.3 is 0 Å². The number of hydrogen-bond donors (Lipinski definition) is 0. The van der Waals surface area contributed by atoms with Crippen LogP contribution in [0.25, 0.3) is 22.0 Å². The summed E-state index contributed by atoms with van der Waals surface area (Å²) in [4.78, 5) is 0. The first-order valence-electron chi connectivity index (χ1n) is 5.71. The van der Waals surface area contributed by atoms with E-state index in [9.17, 15) is 0 Å². The molecule has 0 saturated heterocycles. The quantitative estimate of drug-likeness (QED) is 0.672. The van der Waals surface area contributed by atoms with Gasteiger partial charge in [0.1, 0.15) is 5.69 Å². The zero-order valence-electron chi connectivity index (χ0n) is 9.84. The topological polar surface area (TPSA) is 49.6 Å². The lowest BCUT2D eigenvalue weighted by Crippen LogP contribution is -1.93. The first-order chi connectivity index (χ1) is 9.31. The Bertz CT molecular complexity index is 792. The molecule has 0 atom stereocenters. The number of fused-ring (bicyclic) bond motifs is 1. The van der Waals surface area contributed by atoms with Gasteiger partial charge in [-0.3, -0.25) is 0 Å². The molecule has 0 amide bonds. The predicted molar refractivity (Wildman–Crippen MR) is 74.7 cm³/mol. The molecule has 0 saturated carbocycles. The molecule has 0 N–H and O–H groups in total. The van der Waals surface area contributed by atoms with E-state index in [0.29, 0.717) is 10.9 Å². The number of halogens is 1. The molecule has 0 aliphatic heterocycles. The van der Waals surface area contributed by atoms with E-state index in [1.54, 1.807) is 6.07 Å². The number of aromatic nitrogens is 2. The Morgan fingerprint density at radius 3 is 2.47 bits per heavy atom. The Morgan fingerprint density at radius 2 is 1.74 bits per heavy atom. The number of nitriles is 1. The van der Waals surface area contributed by atoms with Crippen molar-refractivity contribution in [3.05, 3.63) is 59.2 Å². The van der Waals surface area contributed by atoms with Gasteiger partial charge in [-0.1, -0.05) is 54.1 Å². The molecule has 3 nitrogen and oxygen atoms in total. The smallest absolute Gasteiger partial charge is 0.160 e. The lowest BCUT2D eigenvalue weighted by Gasteiger charge is -2.07. The van der Waals surface area contributed by atoms with Gasteiger partial charge in [-0.25, -0.2) is 0 Å². The summed E-state index contributed by atoms with van der Waals surface area (Å²) in [6, 6.07) is 17.3. The van der Waals surface area contributed by atoms with Gasteiger partial charge in [0.25, 0.3) is 0 Å². The highest BCUT2D eigenvalue weighted by Crippen LogP contribution is 2.31. The van der Waals surface area contributed by atoms with Crippen molar-refractivity contribution < 1.29 is 0 Å². The molecule has 0 fully saturated rings. The molecule has 0 spiro atoms. The SMILES string of the molecule is N#Cc1cccc2c(-c3ccccc3)nnc(Cl)c12. The van der Waals surface area contributed by atoms with E-state index in [0.717, 1.165) is 16.6 Å². The maximum Gasteiger partial charge on any atom is 0.160 e. The molecule has 90 valence electrons. The lowest BCUT2D eigenvalue weighted by molar-refractivity contribution is 1.06. The van der Waals surface area contributed by atoms with Crippen LogP contribution in [0.15, 0.2) is 48.5 Å². The predicted octanol–water partition coefficient (Wildman–Crippen LogP) is 3.82. The largest absolute Gasteiger partial charge is 0.192 e.